The topological polar surface area (TPSA) is 153 Å². The average molecular weight is 488 g/mol. The fourth-order valence-corrected chi connectivity index (χ4v) is 3.87. The Kier molecular flexibility index (Phi) is 8.85. The number of amides is 3. The number of nitrogens with zero attached hydrogens (tertiary/aromatic N) is 1. The molecule has 0 bridgehead atoms. The Morgan fingerprint density at radius 3 is 2.38 bits per heavy atom. The highest BCUT2D eigenvalue weighted by atomic mass is 35.5. The molecule has 32 heavy (non-hydrogen) atoms. The summed E-state index contributed by atoms with van der Waals surface area (Å²) in [5.41, 5.74) is 0.0438. The second-order valence-electron chi connectivity index (χ2n) is 7.26. The van der Waals surface area contributed by atoms with Gasteiger partial charge in [-0.05, 0) is 31.4 Å². The maximum Gasteiger partial charge on any atom is 0.305 e. The first-order valence-corrected chi connectivity index (χ1v) is 10.6. The fourth-order valence-electron chi connectivity index (χ4n) is 3.38. The Labute approximate surface area is 193 Å². The smallest absolute Gasteiger partial charge is 0.305 e. The van der Waals surface area contributed by atoms with Gasteiger partial charge in [0.2, 0.25) is 11.8 Å². The first kappa shape index (κ1) is 25.4. The number of carbonyl (C=O) groups is 5. The Morgan fingerprint density at radius 2 is 1.84 bits per heavy atom. The summed E-state index contributed by atoms with van der Waals surface area (Å²) < 4.78 is 0. The van der Waals surface area contributed by atoms with Crippen molar-refractivity contribution in [2.45, 2.75) is 50.7 Å². The van der Waals surface area contributed by atoms with Crippen molar-refractivity contribution in [2.24, 2.45) is 0 Å². The van der Waals surface area contributed by atoms with E-state index in [9.17, 15) is 29.1 Å². The number of carboxylic acid groups (broad SMARTS) is 1. The minimum absolute atomic E-state index is 0.0438. The molecule has 1 heterocycles. The van der Waals surface area contributed by atoms with Crippen molar-refractivity contribution in [3.63, 3.8) is 0 Å². The second-order valence-corrected chi connectivity index (χ2v) is 8.08. The molecule has 0 spiro atoms. The molecule has 1 aliphatic rings. The summed E-state index contributed by atoms with van der Waals surface area (Å²) in [6, 6.07) is -0.624. The van der Waals surface area contributed by atoms with E-state index in [0.717, 1.165) is 0 Å². The van der Waals surface area contributed by atoms with Gasteiger partial charge in [0.05, 0.1) is 22.5 Å². The van der Waals surface area contributed by atoms with Gasteiger partial charge in [0.25, 0.3) is 5.91 Å². The maximum atomic E-state index is 13.1. The number of hydrogen-bond acceptors (Lipinski definition) is 6. The molecule has 3 amide bonds. The van der Waals surface area contributed by atoms with Gasteiger partial charge in [-0.15, -0.1) is 0 Å². The third-order valence-electron chi connectivity index (χ3n) is 5.02. The van der Waals surface area contributed by atoms with Crippen LogP contribution in [0.2, 0.25) is 10.0 Å². The lowest BCUT2D eigenvalue weighted by Gasteiger charge is -2.29. The van der Waals surface area contributed by atoms with Gasteiger partial charge in [0.1, 0.15) is 18.4 Å². The van der Waals surface area contributed by atoms with Crippen LogP contribution < -0.4 is 10.6 Å². The molecular weight excluding hydrogens is 465 g/mol. The lowest BCUT2D eigenvalue weighted by atomic mass is 10.1. The zero-order valence-electron chi connectivity index (χ0n) is 17.1. The quantitative estimate of drug-likeness (QED) is 0.383. The molecule has 12 heteroatoms. The number of rotatable bonds is 9. The van der Waals surface area contributed by atoms with Gasteiger partial charge in [-0.2, -0.15) is 0 Å². The number of phenolic OH excluding ortho intramolecular Hbond substituents is 1. The fraction of sp³-hybridized carbons (Fsp3) is 0.450. The molecule has 1 aromatic carbocycles. The number of aldehydes is 1. The highest BCUT2D eigenvalue weighted by molar-refractivity contribution is 6.37. The van der Waals surface area contributed by atoms with Gasteiger partial charge in [-0.25, -0.2) is 0 Å². The van der Waals surface area contributed by atoms with E-state index in [1.54, 1.807) is 6.92 Å². The van der Waals surface area contributed by atoms with Crippen LogP contribution in [0, 0.1) is 0 Å². The maximum absolute atomic E-state index is 13.1. The van der Waals surface area contributed by atoms with Crippen LogP contribution in [-0.4, -0.2) is 69.8 Å². The molecule has 10 nitrogen and oxygen atoms in total. The van der Waals surface area contributed by atoms with Crippen molar-refractivity contribution in [2.75, 3.05) is 6.54 Å². The normalized spacial score (nSPS) is 17.3. The van der Waals surface area contributed by atoms with Gasteiger partial charge in [-0.1, -0.05) is 30.1 Å². The molecule has 3 atom stereocenters. The highest BCUT2D eigenvalue weighted by Gasteiger charge is 2.38. The van der Waals surface area contributed by atoms with Crippen LogP contribution in [0.25, 0.3) is 0 Å². The van der Waals surface area contributed by atoms with Crippen LogP contribution in [0.3, 0.4) is 0 Å². The van der Waals surface area contributed by atoms with Crippen LogP contribution in [0.1, 0.15) is 43.0 Å². The van der Waals surface area contributed by atoms with Crippen molar-refractivity contribution >= 4 is 53.2 Å². The summed E-state index contributed by atoms with van der Waals surface area (Å²) in [6.45, 7) is 1.95. The first-order valence-electron chi connectivity index (χ1n) is 9.85. The van der Waals surface area contributed by atoms with Crippen LogP contribution >= 0.6 is 23.2 Å². The molecule has 1 fully saturated rings. The second kappa shape index (κ2) is 11.1. The number of halogens is 2. The lowest BCUT2D eigenvalue weighted by Crippen LogP contribution is -2.54. The molecule has 0 unspecified atom stereocenters. The van der Waals surface area contributed by atoms with Gasteiger partial charge >= 0.3 is 5.97 Å². The average Bonchev–Trinajstić information content (AvgIpc) is 3.23. The van der Waals surface area contributed by atoms with Crippen molar-refractivity contribution in [1.29, 1.82) is 0 Å². The van der Waals surface area contributed by atoms with Crippen molar-refractivity contribution in [3.8, 4) is 5.75 Å². The number of aliphatic carboxylic acids is 1. The predicted molar refractivity (Wildman–Crippen MR) is 115 cm³/mol. The first-order chi connectivity index (χ1) is 15.1. The van der Waals surface area contributed by atoms with Gasteiger partial charge in [0, 0.05) is 12.1 Å². The molecule has 4 N–H and O–H groups in total. The van der Waals surface area contributed by atoms with E-state index < -0.39 is 48.2 Å². The SMILES string of the molecule is CC[C@H](NC(=O)c1cc(Cl)c(O)c(Cl)c1)C(=O)N1CCC[C@H]1C(=O)N[C@H](C=O)CC(=O)O. The largest absolute Gasteiger partial charge is 0.505 e. The van der Waals surface area contributed by atoms with Gasteiger partial charge in [-0.3, -0.25) is 19.2 Å². The van der Waals surface area contributed by atoms with Crippen LogP contribution in [0.15, 0.2) is 12.1 Å². The molecule has 0 aliphatic carbocycles. The van der Waals surface area contributed by atoms with Crippen LogP contribution in [0.4, 0.5) is 0 Å². The minimum atomic E-state index is -1.25. The number of carbonyl (C=O) groups excluding carboxylic acids is 4. The zero-order valence-corrected chi connectivity index (χ0v) is 18.7. The van der Waals surface area contributed by atoms with Gasteiger partial charge in [0.15, 0.2) is 5.75 Å². The monoisotopic (exact) mass is 487 g/mol. The van der Waals surface area contributed by atoms with Crippen molar-refractivity contribution in [3.05, 3.63) is 27.7 Å². The number of nitrogens with one attached hydrogen (secondary N) is 2. The van der Waals surface area contributed by atoms with E-state index in [2.05, 4.69) is 10.6 Å². The van der Waals surface area contributed by atoms with E-state index in [0.29, 0.717) is 19.1 Å². The molecule has 1 aromatic rings. The molecule has 1 saturated heterocycles. The summed E-state index contributed by atoms with van der Waals surface area (Å²) in [7, 11) is 0. The number of benzene rings is 1. The highest BCUT2D eigenvalue weighted by Crippen LogP contribution is 2.32. The Bertz CT molecular complexity index is 901. The number of aromatic hydroxyl groups is 1. The molecule has 0 saturated carbocycles. The summed E-state index contributed by atoms with van der Waals surface area (Å²) >= 11 is 11.7. The van der Waals surface area contributed by atoms with Crippen LogP contribution in [-0.2, 0) is 19.2 Å². The Morgan fingerprint density at radius 1 is 1.22 bits per heavy atom. The molecule has 1 aliphatic heterocycles. The number of carboxylic acids is 1. The van der Waals surface area contributed by atoms with E-state index in [4.69, 9.17) is 28.3 Å². The van der Waals surface area contributed by atoms with E-state index >= 15 is 0 Å². The molecule has 2 rings (SSSR count). The standard InChI is InChI=1S/C20H23Cl2N3O7/c1-2-14(24-18(30)10-6-12(21)17(29)13(22)7-10)20(32)25-5-3-4-15(25)19(31)23-11(9-26)8-16(27)28/h6-7,9,11,14-15,29H,2-5,8H2,1H3,(H,23,31)(H,24,30)(H,27,28)/t11-,14-,15-/m0/s1. The Balaban J connectivity index is 2.11. The minimum Gasteiger partial charge on any atom is -0.505 e. The Hall–Kier alpha value is -2.85. The van der Waals surface area contributed by atoms with Gasteiger partial charge < -0.3 is 30.5 Å². The summed E-state index contributed by atoms with van der Waals surface area (Å²) in [4.78, 5) is 61.4. The zero-order chi connectivity index (χ0) is 24.0. The summed E-state index contributed by atoms with van der Waals surface area (Å²) in [6.07, 6.45) is 0.855. The molecule has 0 radical (unpaired) electrons. The molecule has 174 valence electrons. The molecular formula is C20H23Cl2N3O7. The number of likely N-dealkylation sites (tertiary alicyclic amines) is 1. The third-order valence-corrected chi connectivity index (χ3v) is 5.59. The van der Waals surface area contributed by atoms with E-state index in [1.807, 2.05) is 0 Å². The lowest BCUT2D eigenvalue weighted by molar-refractivity contribution is -0.142. The predicted octanol–water partition coefficient (Wildman–Crippen LogP) is 1.36. The summed E-state index contributed by atoms with van der Waals surface area (Å²) in [5, 5.41) is 23.1. The summed E-state index contributed by atoms with van der Waals surface area (Å²) in [5.74, 6) is -3.38. The molecule has 0 aromatic heterocycles. The number of phenols is 1. The van der Waals surface area contributed by atoms with E-state index in [1.165, 1.54) is 17.0 Å². The van der Waals surface area contributed by atoms with E-state index in [-0.39, 0.29) is 34.3 Å². The van der Waals surface area contributed by atoms with Crippen molar-refractivity contribution in [1.82, 2.24) is 15.5 Å². The van der Waals surface area contributed by atoms with Crippen LogP contribution in [0.5, 0.6) is 5.75 Å². The third kappa shape index (κ3) is 6.10. The van der Waals surface area contributed by atoms with Crippen molar-refractivity contribution < 1.29 is 34.2 Å². The number of hydrogen-bond donors (Lipinski definition) is 4.